The Balaban J connectivity index is 1.79. The molecule has 1 aliphatic rings. The Bertz CT molecular complexity index is 1110. The maximum Gasteiger partial charge on any atom is 0.329 e. The first-order valence-corrected chi connectivity index (χ1v) is 11.1. The summed E-state index contributed by atoms with van der Waals surface area (Å²) in [6, 6.07) is 11.4. The number of rotatable bonds is 7. The first kappa shape index (κ1) is 22.6. The second kappa shape index (κ2) is 8.60. The van der Waals surface area contributed by atoms with Crippen molar-refractivity contribution in [3.63, 3.8) is 0 Å². The molecule has 2 amide bonds. The Kier molecular flexibility index (Phi) is 6.28. The van der Waals surface area contributed by atoms with E-state index in [0.717, 1.165) is 9.21 Å². The lowest BCUT2D eigenvalue weighted by atomic mass is 10.0. The molecule has 2 aromatic rings. The summed E-state index contributed by atoms with van der Waals surface area (Å²) in [6.07, 6.45) is 0. The molecular formula is C22H24N2O6S. The van der Waals surface area contributed by atoms with Crippen molar-refractivity contribution in [3.8, 4) is 0 Å². The topological polar surface area (TPSA) is 101 Å². The van der Waals surface area contributed by atoms with E-state index in [1.54, 1.807) is 50.2 Å². The van der Waals surface area contributed by atoms with Crippen LogP contribution in [0, 0.1) is 5.92 Å². The lowest BCUT2D eigenvalue weighted by Gasteiger charge is -2.27. The van der Waals surface area contributed by atoms with Gasteiger partial charge in [-0.05, 0) is 35.7 Å². The van der Waals surface area contributed by atoms with E-state index in [1.807, 2.05) is 0 Å². The van der Waals surface area contributed by atoms with Crippen molar-refractivity contribution in [2.45, 2.75) is 31.4 Å². The number of carbonyl (C=O) groups excluding carboxylic acids is 3. The van der Waals surface area contributed by atoms with Crippen LogP contribution in [-0.4, -0.2) is 55.5 Å². The summed E-state index contributed by atoms with van der Waals surface area (Å²) in [5.41, 5.74) is 0.987. The molecule has 1 unspecified atom stereocenters. The van der Waals surface area contributed by atoms with Crippen molar-refractivity contribution in [2.24, 2.45) is 5.92 Å². The van der Waals surface area contributed by atoms with Gasteiger partial charge in [0.2, 0.25) is 10.0 Å². The lowest BCUT2D eigenvalue weighted by Crippen LogP contribution is -2.48. The number of esters is 1. The van der Waals surface area contributed by atoms with Crippen molar-refractivity contribution in [3.05, 3.63) is 65.2 Å². The van der Waals surface area contributed by atoms with E-state index in [1.165, 1.54) is 26.2 Å². The summed E-state index contributed by atoms with van der Waals surface area (Å²) in [5.74, 6) is -2.17. The molecule has 8 nitrogen and oxygen atoms in total. The second-order valence-electron chi connectivity index (χ2n) is 7.76. The summed E-state index contributed by atoms with van der Waals surface area (Å²) in [7, 11) is -0.775. The average molecular weight is 445 g/mol. The molecule has 3 rings (SSSR count). The van der Waals surface area contributed by atoms with E-state index in [0.29, 0.717) is 5.56 Å². The molecule has 0 N–H and O–H groups in total. The van der Waals surface area contributed by atoms with Crippen LogP contribution in [-0.2, 0) is 26.2 Å². The number of imide groups is 1. The Morgan fingerprint density at radius 1 is 1.00 bits per heavy atom. The van der Waals surface area contributed by atoms with Crippen LogP contribution < -0.4 is 0 Å². The van der Waals surface area contributed by atoms with E-state index in [4.69, 9.17) is 4.74 Å². The predicted octanol–water partition coefficient (Wildman–Crippen LogP) is 2.30. The predicted molar refractivity (Wildman–Crippen MR) is 113 cm³/mol. The fraction of sp³-hybridized carbons (Fsp3) is 0.318. The highest BCUT2D eigenvalue weighted by Crippen LogP contribution is 2.28. The number of benzene rings is 2. The molecule has 0 bridgehead atoms. The van der Waals surface area contributed by atoms with Gasteiger partial charge in [-0.3, -0.25) is 14.5 Å². The highest BCUT2D eigenvalue weighted by molar-refractivity contribution is 7.89. The van der Waals surface area contributed by atoms with Gasteiger partial charge in [0, 0.05) is 14.1 Å². The third kappa shape index (κ3) is 4.24. The quantitative estimate of drug-likeness (QED) is 0.480. The molecule has 164 valence electrons. The largest absolute Gasteiger partial charge is 0.459 e. The Morgan fingerprint density at radius 3 is 2.10 bits per heavy atom. The molecular weight excluding hydrogens is 420 g/mol. The standard InChI is InChI=1S/C22H24N2O6S/c1-14(2)19(24-20(25)17-10-5-6-11-18(17)21(24)26)22(27)30-13-15-8-7-9-16(12-15)31(28,29)23(3)4/h5-12,14,19H,13H2,1-4H3. The molecule has 0 saturated carbocycles. The normalized spacial score (nSPS) is 14.8. The number of carbonyl (C=O) groups is 3. The average Bonchev–Trinajstić information content (AvgIpc) is 2.98. The maximum atomic E-state index is 12.9. The van der Waals surface area contributed by atoms with E-state index in [-0.39, 0.29) is 28.5 Å². The van der Waals surface area contributed by atoms with Crippen molar-refractivity contribution in [1.29, 1.82) is 0 Å². The lowest BCUT2D eigenvalue weighted by molar-refractivity contribution is -0.151. The monoisotopic (exact) mass is 444 g/mol. The van der Waals surface area contributed by atoms with Crippen LogP contribution in [0.3, 0.4) is 0 Å². The number of ether oxygens (including phenoxy) is 1. The number of fused-ring (bicyclic) bond motifs is 1. The van der Waals surface area contributed by atoms with Gasteiger partial charge >= 0.3 is 5.97 Å². The molecule has 1 heterocycles. The van der Waals surface area contributed by atoms with Gasteiger partial charge in [-0.2, -0.15) is 0 Å². The summed E-state index contributed by atoms with van der Waals surface area (Å²) in [4.78, 5) is 39.5. The zero-order chi connectivity index (χ0) is 22.9. The van der Waals surface area contributed by atoms with Crippen LogP contribution in [0.4, 0.5) is 0 Å². The molecule has 0 saturated heterocycles. The van der Waals surface area contributed by atoms with Gasteiger partial charge in [0.25, 0.3) is 11.8 Å². The van der Waals surface area contributed by atoms with Gasteiger partial charge in [0.1, 0.15) is 12.6 Å². The third-order valence-electron chi connectivity index (χ3n) is 5.03. The van der Waals surface area contributed by atoms with Gasteiger partial charge in [0.15, 0.2) is 0 Å². The second-order valence-corrected chi connectivity index (χ2v) is 9.91. The SMILES string of the molecule is CC(C)C(C(=O)OCc1cccc(S(=O)(=O)N(C)C)c1)N1C(=O)c2ccccc2C1=O. The molecule has 9 heteroatoms. The van der Waals surface area contributed by atoms with Crippen LogP contribution in [0.25, 0.3) is 0 Å². The van der Waals surface area contributed by atoms with Gasteiger partial charge < -0.3 is 4.74 Å². The summed E-state index contributed by atoms with van der Waals surface area (Å²) in [5, 5.41) is 0. The molecule has 0 radical (unpaired) electrons. The van der Waals surface area contributed by atoms with Crippen LogP contribution in [0.15, 0.2) is 53.4 Å². The molecule has 2 aromatic carbocycles. The zero-order valence-electron chi connectivity index (χ0n) is 17.7. The van der Waals surface area contributed by atoms with Gasteiger partial charge in [-0.25, -0.2) is 17.5 Å². The minimum absolute atomic E-state index is 0.0757. The minimum Gasteiger partial charge on any atom is -0.459 e. The Hall–Kier alpha value is -3.04. The van der Waals surface area contributed by atoms with E-state index in [9.17, 15) is 22.8 Å². The fourth-order valence-corrected chi connectivity index (χ4v) is 4.36. The third-order valence-corrected chi connectivity index (χ3v) is 6.85. The molecule has 0 spiro atoms. The van der Waals surface area contributed by atoms with Gasteiger partial charge in [-0.15, -0.1) is 0 Å². The molecule has 0 aromatic heterocycles. The zero-order valence-corrected chi connectivity index (χ0v) is 18.5. The molecule has 1 aliphatic heterocycles. The maximum absolute atomic E-state index is 12.9. The number of nitrogens with zero attached hydrogens (tertiary/aromatic N) is 2. The van der Waals surface area contributed by atoms with Crippen LogP contribution in [0.2, 0.25) is 0 Å². The minimum atomic E-state index is -3.63. The highest BCUT2D eigenvalue weighted by atomic mass is 32.2. The van der Waals surface area contributed by atoms with Gasteiger partial charge in [-0.1, -0.05) is 38.1 Å². The molecule has 0 fully saturated rings. The highest BCUT2D eigenvalue weighted by Gasteiger charge is 2.44. The summed E-state index contributed by atoms with van der Waals surface area (Å²) in [6.45, 7) is 3.25. The molecule has 1 atom stereocenters. The summed E-state index contributed by atoms with van der Waals surface area (Å²) < 4.78 is 31.1. The summed E-state index contributed by atoms with van der Waals surface area (Å²) >= 11 is 0. The number of hydrogen-bond donors (Lipinski definition) is 0. The molecule has 0 aliphatic carbocycles. The number of amides is 2. The first-order chi connectivity index (χ1) is 14.6. The Labute approximate surface area is 181 Å². The van der Waals surface area contributed by atoms with Crippen molar-refractivity contribution in [2.75, 3.05) is 14.1 Å². The number of sulfonamides is 1. The fourth-order valence-electron chi connectivity index (χ4n) is 3.38. The van der Waals surface area contributed by atoms with Crippen LogP contribution >= 0.6 is 0 Å². The van der Waals surface area contributed by atoms with Crippen molar-refractivity contribution < 1.29 is 27.5 Å². The van der Waals surface area contributed by atoms with Crippen molar-refractivity contribution >= 4 is 27.8 Å². The van der Waals surface area contributed by atoms with Gasteiger partial charge in [0.05, 0.1) is 16.0 Å². The van der Waals surface area contributed by atoms with E-state index >= 15 is 0 Å². The van der Waals surface area contributed by atoms with E-state index in [2.05, 4.69) is 0 Å². The first-order valence-electron chi connectivity index (χ1n) is 9.70. The number of hydrogen-bond acceptors (Lipinski definition) is 6. The molecule has 31 heavy (non-hydrogen) atoms. The smallest absolute Gasteiger partial charge is 0.329 e. The van der Waals surface area contributed by atoms with Crippen molar-refractivity contribution in [1.82, 2.24) is 9.21 Å². The van der Waals surface area contributed by atoms with Crippen LogP contribution in [0.1, 0.15) is 40.1 Å². The Morgan fingerprint density at radius 2 is 1.58 bits per heavy atom. The van der Waals surface area contributed by atoms with E-state index < -0.39 is 33.8 Å². The van der Waals surface area contributed by atoms with Crippen LogP contribution in [0.5, 0.6) is 0 Å².